The fraction of sp³-hybridized carbons (Fsp3) is 0.897. The molecule has 0 fully saturated rings. The maximum atomic E-state index is 12.5. The molecule has 0 bridgehead atoms. The maximum absolute atomic E-state index is 12.5. The Morgan fingerprint density at radius 1 is 0.512 bits per heavy atom. The third-order valence-electron chi connectivity index (χ3n) is 4.48. The molecule has 0 aliphatic carbocycles. The summed E-state index contributed by atoms with van der Waals surface area (Å²) in [5.74, 6) is -1.27. The van der Waals surface area contributed by atoms with Crippen molar-refractivity contribution in [3.05, 3.63) is 0 Å². The van der Waals surface area contributed by atoms with Gasteiger partial charge in [0.15, 0.2) is 0 Å². The first-order valence-corrected chi connectivity index (χ1v) is 14.3. The Kier molecular flexibility index (Phi) is 20.0. The molecule has 1 N–H and O–H groups in total. The molecule has 0 aliphatic heterocycles. The highest BCUT2D eigenvalue weighted by Gasteiger charge is 2.29. The lowest BCUT2D eigenvalue weighted by molar-refractivity contribution is -0.164. The minimum absolute atomic E-state index is 0.135. The lowest BCUT2D eigenvalue weighted by atomic mass is 10.1. The molecule has 0 aliphatic rings. The van der Waals surface area contributed by atoms with Crippen LogP contribution < -0.4 is 5.32 Å². The number of carbonyl (C=O) groups excluding carboxylic acids is 3. The number of esters is 3. The van der Waals surface area contributed by atoms with Crippen LogP contribution in [0.25, 0.3) is 0 Å². The van der Waals surface area contributed by atoms with E-state index in [9.17, 15) is 14.4 Å². The zero-order valence-electron chi connectivity index (χ0n) is 26.8. The number of nitrogens with one attached hydrogen (secondary N) is 1. The van der Waals surface area contributed by atoms with Gasteiger partial charge in [0.1, 0.15) is 22.8 Å². The number of carbonyl (C=O) groups is 3. The SMILES string of the molecule is CC(C)(C)OC(=O)CCOCCOCCOCCOCCOCCNC(CC(=O)OC(C)(C)C)C(=O)OC(C)(C)C. The predicted molar refractivity (Wildman–Crippen MR) is 153 cm³/mol. The van der Waals surface area contributed by atoms with Crippen molar-refractivity contribution >= 4 is 17.9 Å². The molecule has 0 saturated carbocycles. The Bertz CT molecular complexity index is 724. The van der Waals surface area contributed by atoms with Crippen LogP contribution in [0.2, 0.25) is 0 Å². The lowest BCUT2D eigenvalue weighted by Gasteiger charge is -2.25. The van der Waals surface area contributed by atoms with Crippen molar-refractivity contribution in [2.75, 3.05) is 72.6 Å². The van der Waals surface area contributed by atoms with Gasteiger partial charge in [-0.2, -0.15) is 0 Å². The summed E-state index contributed by atoms with van der Waals surface area (Å²) >= 11 is 0. The third-order valence-corrected chi connectivity index (χ3v) is 4.48. The quantitative estimate of drug-likeness (QED) is 0.112. The number of hydrogen-bond acceptors (Lipinski definition) is 12. The normalized spacial score (nSPS) is 13.1. The molecule has 0 rings (SSSR count). The first-order valence-electron chi connectivity index (χ1n) is 14.3. The van der Waals surface area contributed by atoms with Gasteiger partial charge in [-0.1, -0.05) is 0 Å². The monoisotopic (exact) mass is 593 g/mol. The molecule has 12 heteroatoms. The van der Waals surface area contributed by atoms with E-state index < -0.39 is 34.8 Å². The van der Waals surface area contributed by atoms with Crippen LogP contribution >= 0.6 is 0 Å². The Hall–Kier alpha value is -1.83. The lowest BCUT2D eigenvalue weighted by Crippen LogP contribution is -2.44. The standard InChI is InChI=1S/C29H55NO11/c1-27(2,3)39-24(31)10-12-34-14-16-36-18-20-38-21-19-37-17-15-35-13-11-30-23(26(33)41-29(7,8)9)22-25(32)40-28(4,5)6/h23,30H,10-22H2,1-9H3. The molecule has 0 aromatic carbocycles. The summed E-state index contributed by atoms with van der Waals surface area (Å²) in [6.07, 6.45) is 0.0800. The largest absolute Gasteiger partial charge is 0.460 e. The van der Waals surface area contributed by atoms with Gasteiger partial charge in [0.25, 0.3) is 0 Å². The van der Waals surface area contributed by atoms with Crippen LogP contribution in [0.15, 0.2) is 0 Å². The smallest absolute Gasteiger partial charge is 0.324 e. The molecule has 242 valence electrons. The molecule has 0 aromatic heterocycles. The second-order valence-electron chi connectivity index (χ2n) is 12.2. The summed E-state index contributed by atoms with van der Waals surface area (Å²) in [6.45, 7) is 20.4. The van der Waals surface area contributed by atoms with E-state index in [0.29, 0.717) is 72.6 Å². The second kappa shape index (κ2) is 21.0. The predicted octanol–water partition coefficient (Wildman–Crippen LogP) is 2.83. The van der Waals surface area contributed by atoms with E-state index in [4.69, 9.17) is 37.9 Å². The van der Waals surface area contributed by atoms with Gasteiger partial charge in [-0.05, 0) is 62.3 Å². The van der Waals surface area contributed by atoms with Gasteiger partial charge in [0.2, 0.25) is 0 Å². The maximum Gasteiger partial charge on any atom is 0.324 e. The molecule has 0 saturated heterocycles. The van der Waals surface area contributed by atoms with E-state index >= 15 is 0 Å². The van der Waals surface area contributed by atoms with Crippen molar-refractivity contribution in [2.45, 2.75) is 98.0 Å². The zero-order valence-corrected chi connectivity index (χ0v) is 26.8. The summed E-state index contributed by atoms with van der Waals surface area (Å²) in [5, 5.41) is 3.02. The van der Waals surface area contributed by atoms with E-state index in [1.165, 1.54) is 0 Å². The van der Waals surface area contributed by atoms with Crippen molar-refractivity contribution in [3.8, 4) is 0 Å². The topological polar surface area (TPSA) is 137 Å². The number of hydrogen-bond donors (Lipinski definition) is 1. The van der Waals surface area contributed by atoms with Gasteiger partial charge in [0, 0.05) is 6.54 Å². The average Bonchev–Trinajstić information content (AvgIpc) is 2.79. The molecule has 0 radical (unpaired) electrons. The van der Waals surface area contributed by atoms with Crippen LogP contribution in [-0.4, -0.2) is 113 Å². The number of ether oxygens (including phenoxy) is 8. The van der Waals surface area contributed by atoms with E-state index in [2.05, 4.69) is 5.32 Å². The minimum atomic E-state index is -0.832. The molecule has 0 amide bonds. The zero-order chi connectivity index (χ0) is 31.4. The van der Waals surface area contributed by atoms with Crippen LogP contribution in [0, 0.1) is 0 Å². The van der Waals surface area contributed by atoms with E-state index in [1.54, 1.807) is 41.5 Å². The van der Waals surface area contributed by atoms with E-state index in [0.717, 1.165) is 0 Å². The molecule has 0 aromatic rings. The molecular weight excluding hydrogens is 538 g/mol. The first-order chi connectivity index (χ1) is 19.0. The summed E-state index contributed by atoms with van der Waals surface area (Å²) in [7, 11) is 0. The summed E-state index contributed by atoms with van der Waals surface area (Å²) in [4.78, 5) is 36.3. The van der Waals surface area contributed by atoms with Crippen molar-refractivity contribution in [1.29, 1.82) is 0 Å². The van der Waals surface area contributed by atoms with E-state index in [1.807, 2.05) is 20.8 Å². The van der Waals surface area contributed by atoms with Crippen molar-refractivity contribution in [2.24, 2.45) is 0 Å². The summed E-state index contributed by atoms with van der Waals surface area (Å²) in [5.41, 5.74) is -1.80. The highest BCUT2D eigenvalue weighted by molar-refractivity contribution is 5.83. The molecule has 0 heterocycles. The Morgan fingerprint density at radius 3 is 1.29 bits per heavy atom. The van der Waals surface area contributed by atoms with Gasteiger partial charge in [-0.3, -0.25) is 14.4 Å². The highest BCUT2D eigenvalue weighted by atomic mass is 16.6. The summed E-state index contributed by atoms with van der Waals surface area (Å²) < 4.78 is 43.2. The Morgan fingerprint density at radius 2 is 0.878 bits per heavy atom. The van der Waals surface area contributed by atoms with Crippen LogP contribution in [0.5, 0.6) is 0 Å². The Balaban J connectivity index is 3.77. The molecule has 0 spiro atoms. The fourth-order valence-corrected chi connectivity index (χ4v) is 3.00. The van der Waals surface area contributed by atoms with Gasteiger partial charge in [0.05, 0.1) is 78.9 Å². The molecule has 41 heavy (non-hydrogen) atoms. The molecular formula is C29H55NO11. The minimum Gasteiger partial charge on any atom is -0.460 e. The van der Waals surface area contributed by atoms with E-state index in [-0.39, 0.29) is 18.8 Å². The third kappa shape index (κ3) is 28.1. The first kappa shape index (κ1) is 39.2. The van der Waals surface area contributed by atoms with Gasteiger partial charge in [-0.25, -0.2) is 0 Å². The van der Waals surface area contributed by atoms with Crippen LogP contribution in [-0.2, 0) is 52.3 Å². The van der Waals surface area contributed by atoms with Crippen LogP contribution in [0.3, 0.4) is 0 Å². The van der Waals surface area contributed by atoms with Crippen molar-refractivity contribution in [1.82, 2.24) is 5.32 Å². The summed E-state index contributed by atoms with van der Waals surface area (Å²) in [6, 6.07) is -0.832. The molecule has 1 atom stereocenters. The van der Waals surface area contributed by atoms with Gasteiger partial charge in [-0.15, -0.1) is 0 Å². The average molecular weight is 594 g/mol. The van der Waals surface area contributed by atoms with Crippen LogP contribution in [0.1, 0.15) is 75.2 Å². The van der Waals surface area contributed by atoms with Gasteiger partial charge >= 0.3 is 17.9 Å². The number of rotatable bonds is 22. The van der Waals surface area contributed by atoms with Crippen molar-refractivity contribution in [3.63, 3.8) is 0 Å². The highest BCUT2D eigenvalue weighted by Crippen LogP contribution is 2.13. The molecule has 12 nitrogen and oxygen atoms in total. The second-order valence-corrected chi connectivity index (χ2v) is 12.2. The van der Waals surface area contributed by atoms with Crippen LogP contribution in [0.4, 0.5) is 0 Å². The Labute approximate surface area is 246 Å². The fourth-order valence-electron chi connectivity index (χ4n) is 3.00. The van der Waals surface area contributed by atoms with Gasteiger partial charge < -0.3 is 43.2 Å². The van der Waals surface area contributed by atoms with Crippen molar-refractivity contribution < 1.29 is 52.3 Å². The molecule has 1 unspecified atom stereocenters.